The minimum atomic E-state index is 0.0586. The molecule has 19 heavy (non-hydrogen) atoms. The summed E-state index contributed by atoms with van der Waals surface area (Å²) in [6.45, 7) is 4.35. The van der Waals surface area contributed by atoms with Crippen molar-refractivity contribution in [1.82, 2.24) is 9.97 Å². The molecule has 0 radical (unpaired) electrons. The first-order chi connectivity index (χ1) is 9.17. The van der Waals surface area contributed by atoms with Crippen molar-refractivity contribution in [2.75, 3.05) is 0 Å². The van der Waals surface area contributed by atoms with Crippen LogP contribution >= 0.6 is 0 Å². The van der Waals surface area contributed by atoms with Crippen LogP contribution in [-0.4, -0.2) is 16.1 Å². The first-order valence-electron chi connectivity index (χ1n) is 6.13. The number of rotatable bonds is 5. The van der Waals surface area contributed by atoms with Crippen molar-refractivity contribution in [2.45, 2.75) is 26.5 Å². The molecule has 0 spiro atoms. The highest BCUT2D eigenvalue weighted by atomic mass is 16.5. The fourth-order valence-electron chi connectivity index (χ4n) is 1.54. The fraction of sp³-hybridized carbons (Fsp3) is 0.286. The lowest BCUT2D eigenvalue weighted by molar-refractivity contribution is 0.231. The average molecular weight is 259 g/mol. The standard InChI is InChI=1S/C14H17N3O2/c1-10(2)18-13-7-14(17-9-16-13)19-12-5-3-4-11(6-12)8-15/h3-7,9-10H,8,15H2,1-2H3. The second-order valence-electron chi connectivity index (χ2n) is 4.31. The van der Waals surface area contributed by atoms with E-state index in [1.54, 1.807) is 6.07 Å². The Morgan fingerprint density at radius 1 is 1.16 bits per heavy atom. The van der Waals surface area contributed by atoms with Gasteiger partial charge < -0.3 is 15.2 Å². The zero-order valence-electron chi connectivity index (χ0n) is 11.0. The summed E-state index contributed by atoms with van der Waals surface area (Å²) in [6, 6.07) is 9.23. The van der Waals surface area contributed by atoms with E-state index >= 15 is 0 Å². The topological polar surface area (TPSA) is 70.3 Å². The largest absolute Gasteiger partial charge is 0.475 e. The van der Waals surface area contributed by atoms with Gasteiger partial charge in [-0.2, -0.15) is 0 Å². The van der Waals surface area contributed by atoms with Crippen LogP contribution in [0.1, 0.15) is 19.4 Å². The molecule has 1 aromatic heterocycles. The van der Waals surface area contributed by atoms with Crippen molar-refractivity contribution in [3.63, 3.8) is 0 Å². The lowest BCUT2D eigenvalue weighted by atomic mass is 10.2. The summed E-state index contributed by atoms with van der Waals surface area (Å²) in [5, 5.41) is 0. The third kappa shape index (κ3) is 3.93. The number of benzene rings is 1. The maximum atomic E-state index is 5.66. The van der Waals surface area contributed by atoms with Crippen molar-refractivity contribution in [2.24, 2.45) is 5.73 Å². The van der Waals surface area contributed by atoms with E-state index in [0.29, 0.717) is 24.1 Å². The highest BCUT2D eigenvalue weighted by Crippen LogP contribution is 2.22. The number of nitrogens with zero attached hydrogens (tertiary/aromatic N) is 2. The molecule has 0 unspecified atom stereocenters. The molecular formula is C14H17N3O2. The Morgan fingerprint density at radius 3 is 2.68 bits per heavy atom. The van der Waals surface area contributed by atoms with Crippen LogP contribution in [0.2, 0.25) is 0 Å². The van der Waals surface area contributed by atoms with Crippen LogP contribution in [0, 0.1) is 0 Å². The monoisotopic (exact) mass is 259 g/mol. The smallest absolute Gasteiger partial charge is 0.226 e. The zero-order valence-corrected chi connectivity index (χ0v) is 11.0. The molecule has 0 aliphatic carbocycles. The quantitative estimate of drug-likeness (QED) is 0.893. The summed E-state index contributed by atoms with van der Waals surface area (Å²) in [4.78, 5) is 8.07. The Balaban J connectivity index is 2.13. The molecule has 0 amide bonds. The van der Waals surface area contributed by atoms with Crippen molar-refractivity contribution >= 4 is 0 Å². The predicted octanol–water partition coefficient (Wildman–Crippen LogP) is 2.51. The second-order valence-corrected chi connectivity index (χ2v) is 4.31. The molecule has 0 aliphatic heterocycles. The summed E-state index contributed by atoms with van der Waals surface area (Å²) >= 11 is 0. The Bertz CT molecular complexity index is 544. The van der Waals surface area contributed by atoms with E-state index in [-0.39, 0.29) is 6.10 Å². The second kappa shape index (κ2) is 6.15. The van der Waals surface area contributed by atoms with Gasteiger partial charge in [0.1, 0.15) is 12.1 Å². The molecule has 5 heteroatoms. The zero-order chi connectivity index (χ0) is 13.7. The molecule has 0 saturated carbocycles. The Labute approximate surface area is 112 Å². The summed E-state index contributed by atoms with van der Waals surface area (Å²) in [5.41, 5.74) is 6.59. The molecule has 2 rings (SSSR count). The normalized spacial score (nSPS) is 10.5. The van der Waals surface area contributed by atoms with Gasteiger partial charge in [-0.3, -0.25) is 0 Å². The minimum Gasteiger partial charge on any atom is -0.475 e. The summed E-state index contributed by atoms with van der Waals surface area (Å²) in [6.07, 6.45) is 1.48. The minimum absolute atomic E-state index is 0.0586. The number of aromatic nitrogens is 2. The van der Waals surface area contributed by atoms with E-state index in [1.165, 1.54) is 6.33 Å². The van der Waals surface area contributed by atoms with Gasteiger partial charge in [-0.15, -0.1) is 0 Å². The first-order valence-corrected chi connectivity index (χ1v) is 6.13. The Morgan fingerprint density at radius 2 is 1.95 bits per heavy atom. The van der Waals surface area contributed by atoms with E-state index in [9.17, 15) is 0 Å². The molecule has 0 fully saturated rings. The van der Waals surface area contributed by atoms with Gasteiger partial charge in [0.25, 0.3) is 0 Å². The molecule has 0 saturated heterocycles. The van der Waals surface area contributed by atoms with Crippen LogP contribution < -0.4 is 15.2 Å². The third-order valence-electron chi connectivity index (χ3n) is 2.33. The molecule has 2 aromatic rings. The van der Waals surface area contributed by atoms with E-state index in [1.807, 2.05) is 38.1 Å². The van der Waals surface area contributed by atoms with Crippen molar-refractivity contribution < 1.29 is 9.47 Å². The van der Waals surface area contributed by atoms with E-state index in [4.69, 9.17) is 15.2 Å². The lowest BCUT2D eigenvalue weighted by Gasteiger charge is -2.10. The lowest BCUT2D eigenvalue weighted by Crippen LogP contribution is -2.07. The molecule has 0 atom stereocenters. The van der Waals surface area contributed by atoms with Crippen molar-refractivity contribution in [3.8, 4) is 17.5 Å². The molecule has 5 nitrogen and oxygen atoms in total. The van der Waals surface area contributed by atoms with Crippen LogP contribution in [0.5, 0.6) is 17.5 Å². The third-order valence-corrected chi connectivity index (χ3v) is 2.33. The number of nitrogens with two attached hydrogens (primary N) is 1. The van der Waals surface area contributed by atoms with Crippen LogP contribution in [0.15, 0.2) is 36.7 Å². The van der Waals surface area contributed by atoms with Gasteiger partial charge in [-0.05, 0) is 31.5 Å². The van der Waals surface area contributed by atoms with Gasteiger partial charge >= 0.3 is 0 Å². The fourth-order valence-corrected chi connectivity index (χ4v) is 1.54. The van der Waals surface area contributed by atoms with Crippen LogP contribution in [0.3, 0.4) is 0 Å². The summed E-state index contributed by atoms with van der Waals surface area (Å²) in [7, 11) is 0. The first kappa shape index (κ1) is 13.3. The highest BCUT2D eigenvalue weighted by molar-refractivity contribution is 5.32. The number of hydrogen-bond donors (Lipinski definition) is 1. The molecule has 0 bridgehead atoms. The van der Waals surface area contributed by atoms with Gasteiger partial charge in [-0.1, -0.05) is 12.1 Å². The van der Waals surface area contributed by atoms with E-state index < -0.39 is 0 Å². The molecule has 0 aliphatic rings. The maximum absolute atomic E-state index is 5.66. The van der Waals surface area contributed by atoms with Crippen LogP contribution in [0.4, 0.5) is 0 Å². The highest BCUT2D eigenvalue weighted by Gasteiger charge is 2.04. The molecule has 1 aromatic carbocycles. The Kier molecular flexibility index (Phi) is 4.30. The van der Waals surface area contributed by atoms with Crippen molar-refractivity contribution in [1.29, 1.82) is 0 Å². The summed E-state index contributed by atoms with van der Waals surface area (Å²) in [5.74, 6) is 1.63. The molecule has 1 heterocycles. The number of hydrogen-bond acceptors (Lipinski definition) is 5. The van der Waals surface area contributed by atoms with Gasteiger partial charge in [0, 0.05) is 6.54 Å². The Hall–Kier alpha value is -2.14. The SMILES string of the molecule is CC(C)Oc1cc(Oc2cccc(CN)c2)ncn1. The number of ether oxygens (including phenoxy) is 2. The molecule has 2 N–H and O–H groups in total. The van der Waals surface area contributed by atoms with Gasteiger partial charge in [0.15, 0.2) is 0 Å². The molecular weight excluding hydrogens is 242 g/mol. The van der Waals surface area contributed by atoms with E-state index in [0.717, 1.165) is 5.56 Å². The summed E-state index contributed by atoms with van der Waals surface area (Å²) < 4.78 is 11.1. The predicted molar refractivity (Wildman–Crippen MR) is 72.2 cm³/mol. The average Bonchev–Trinajstić information content (AvgIpc) is 2.38. The van der Waals surface area contributed by atoms with Crippen LogP contribution in [-0.2, 0) is 6.54 Å². The van der Waals surface area contributed by atoms with E-state index in [2.05, 4.69) is 9.97 Å². The van der Waals surface area contributed by atoms with Gasteiger partial charge in [-0.25, -0.2) is 9.97 Å². The van der Waals surface area contributed by atoms with Crippen molar-refractivity contribution in [3.05, 3.63) is 42.2 Å². The van der Waals surface area contributed by atoms with Gasteiger partial charge in [0.05, 0.1) is 12.2 Å². The maximum Gasteiger partial charge on any atom is 0.226 e. The van der Waals surface area contributed by atoms with Gasteiger partial charge in [0.2, 0.25) is 11.8 Å². The molecule has 100 valence electrons. The van der Waals surface area contributed by atoms with Crippen LogP contribution in [0.25, 0.3) is 0 Å².